The molecule has 0 aromatic carbocycles. The van der Waals surface area contributed by atoms with Gasteiger partial charge >= 0.3 is 5.51 Å². The van der Waals surface area contributed by atoms with Crippen LogP contribution in [0.25, 0.3) is 0 Å². The predicted octanol–water partition coefficient (Wildman–Crippen LogP) is 1.46. The van der Waals surface area contributed by atoms with E-state index < -0.39 is 5.51 Å². The van der Waals surface area contributed by atoms with Crippen molar-refractivity contribution in [3.8, 4) is 12.3 Å². The van der Waals surface area contributed by atoms with Crippen molar-refractivity contribution in [1.82, 2.24) is 5.32 Å². The van der Waals surface area contributed by atoms with Gasteiger partial charge in [0.05, 0.1) is 6.54 Å². The lowest BCUT2D eigenvalue weighted by Gasteiger charge is -2.04. The number of hydrogen-bond donors (Lipinski definition) is 1. The summed E-state index contributed by atoms with van der Waals surface area (Å²) in [5.74, 6) is 2.27. The Morgan fingerprint density at radius 2 is 2.09 bits per heavy atom. The van der Waals surface area contributed by atoms with E-state index in [-0.39, 0.29) is 24.1 Å². The standard InChI is InChI=1S/C6H8F3NS/c1-2-3-10-4-5-11-6(7,8)9/h1,10H,3-5H2. The highest BCUT2D eigenvalue weighted by Crippen LogP contribution is 2.29. The average molecular weight is 183 g/mol. The fraction of sp³-hybridized carbons (Fsp3) is 0.667. The summed E-state index contributed by atoms with van der Waals surface area (Å²) in [5.41, 5.74) is -4.13. The Morgan fingerprint density at radius 1 is 1.45 bits per heavy atom. The van der Waals surface area contributed by atoms with Crippen molar-refractivity contribution < 1.29 is 13.2 Å². The van der Waals surface area contributed by atoms with Crippen molar-refractivity contribution in [2.75, 3.05) is 18.8 Å². The van der Waals surface area contributed by atoms with Gasteiger partial charge in [0, 0.05) is 12.3 Å². The smallest absolute Gasteiger partial charge is 0.305 e. The largest absolute Gasteiger partial charge is 0.441 e. The lowest BCUT2D eigenvalue weighted by Crippen LogP contribution is -2.18. The first-order valence-corrected chi connectivity index (χ1v) is 3.89. The molecule has 0 saturated heterocycles. The second kappa shape index (κ2) is 5.33. The minimum absolute atomic E-state index is 0.00514. The Balaban J connectivity index is 3.10. The molecular weight excluding hydrogens is 175 g/mol. The van der Waals surface area contributed by atoms with E-state index in [1.807, 2.05) is 0 Å². The van der Waals surface area contributed by atoms with Crippen molar-refractivity contribution in [3.05, 3.63) is 0 Å². The van der Waals surface area contributed by atoms with Crippen LogP contribution in [0.1, 0.15) is 0 Å². The van der Waals surface area contributed by atoms with E-state index in [1.54, 1.807) is 0 Å². The zero-order chi connectivity index (χ0) is 8.74. The molecule has 0 aliphatic rings. The number of terminal acetylenes is 1. The van der Waals surface area contributed by atoms with Crippen LogP contribution in [-0.4, -0.2) is 24.4 Å². The monoisotopic (exact) mass is 183 g/mol. The molecule has 5 heteroatoms. The van der Waals surface area contributed by atoms with Gasteiger partial charge in [-0.15, -0.1) is 6.42 Å². The molecule has 64 valence electrons. The molecule has 1 nitrogen and oxygen atoms in total. The molecule has 0 aromatic heterocycles. The number of hydrogen-bond acceptors (Lipinski definition) is 2. The molecule has 0 rings (SSSR count). The Hall–Kier alpha value is -0.340. The summed E-state index contributed by atoms with van der Waals surface area (Å²) in [6.07, 6.45) is 4.86. The van der Waals surface area contributed by atoms with Crippen LogP contribution in [0.5, 0.6) is 0 Å². The number of nitrogens with one attached hydrogen (secondary N) is 1. The van der Waals surface area contributed by atoms with Crippen LogP contribution in [0.3, 0.4) is 0 Å². The topological polar surface area (TPSA) is 12.0 Å². The number of halogens is 3. The van der Waals surface area contributed by atoms with E-state index in [0.29, 0.717) is 6.54 Å². The van der Waals surface area contributed by atoms with Gasteiger partial charge in [-0.1, -0.05) is 5.92 Å². The zero-order valence-electron chi connectivity index (χ0n) is 5.74. The van der Waals surface area contributed by atoms with Crippen molar-refractivity contribution in [2.45, 2.75) is 5.51 Å². The maximum absolute atomic E-state index is 11.5. The number of alkyl halides is 3. The summed E-state index contributed by atoms with van der Waals surface area (Å²) in [7, 11) is 0. The third-order valence-corrected chi connectivity index (χ3v) is 1.51. The van der Waals surface area contributed by atoms with Crippen molar-refractivity contribution in [1.29, 1.82) is 0 Å². The summed E-state index contributed by atoms with van der Waals surface area (Å²) < 4.78 is 34.4. The molecule has 0 aromatic rings. The number of rotatable bonds is 4. The van der Waals surface area contributed by atoms with E-state index in [1.165, 1.54) is 0 Å². The average Bonchev–Trinajstić information content (AvgIpc) is 1.85. The van der Waals surface area contributed by atoms with Gasteiger partial charge in [-0.3, -0.25) is 0 Å². The van der Waals surface area contributed by atoms with Gasteiger partial charge in [0.1, 0.15) is 0 Å². The van der Waals surface area contributed by atoms with Crippen LogP contribution in [0.15, 0.2) is 0 Å². The van der Waals surface area contributed by atoms with Gasteiger partial charge in [0.2, 0.25) is 0 Å². The molecule has 0 saturated carbocycles. The van der Waals surface area contributed by atoms with Gasteiger partial charge in [-0.05, 0) is 11.8 Å². The summed E-state index contributed by atoms with van der Waals surface area (Å²) in [5, 5.41) is 2.65. The highest BCUT2D eigenvalue weighted by Gasteiger charge is 2.27. The Bertz CT molecular complexity index is 138. The predicted molar refractivity (Wildman–Crippen MR) is 40.2 cm³/mol. The maximum Gasteiger partial charge on any atom is 0.441 e. The van der Waals surface area contributed by atoms with E-state index in [9.17, 15) is 13.2 Å². The van der Waals surface area contributed by atoms with E-state index in [0.717, 1.165) is 0 Å². The first-order chi connectivity index (χ1) is 5.06. The second-order valence-electron chi connectivity index (χ2n) is 1.68. The van der Waals surface area contributed by atoms with Gasteiger partial charge in [-0.2, -0.15) is 13.2 Å². The minimum Gasteiger partial charge on any atom is -0.305 e. The van der Waals surface area contributed by atoms with Crippen molar-refractivity contribution >= 4 is 11.8 Å². The maximum atomic E-state index is 11.5. The van der Waals surface area contributed by atoms with Crippen LogP contribution in [-0.2, 0) is 0 Å². The zero-order valence-corrected chi connectivity index (χ0v) is 6.56. The molecule has 11 heavy (non-hydrogen) atoms. The van der Waals surface area contributed by atoms with Crippen LogP contribution in [0, 0.1) is 12.3 Å². The highest BCUT2D eigenvalue weighted by molar-refractivity contribution is 8.00. The van der Waals surface area contributed by atoms with E-state index >= 15 is 0 Å². The van der Waals surface area contributed by atoms with E-state index in [2.05, 4.69) is 11.2 Å². The Labute approximate surface area is 67.7 Å². The molecule has 0 fully saturated rings. The summed E-state index contributed by atoms with van der Waals surface area (Å²) >= 11 is -0.0471. The minimum atomic E-state index is -4.13. The fourth-order valence-corrected chi connectivity index (χ4v) is 0.877. The molecule has 0 aliphatic carbocycles. The second-order valence-corrected chi connectivity index (χ2v) is 2.83. The van der Waals surface area contributed by atoms with Crippen molar-refractivity contribution in [2.24, 2.45) is 0 Å². The molecule has 0 spiro atoms. The molecule has 0 unspecified atom stereocenters. The van der Waals surface area contributed by atoms with Crippen LogP contribution in [0.4, 0.5) is 13.2 Å². The quantitative estimate of drug-likeness (QED) is 0.523. The SMILES string of the molecule is C#CCNCCSC(F)(F)F. The summed E-state index contributed by atoms with van der Waals surface area (Å²) in [6, 6.07) is 0. The molecule has 0 bridgehead atoms. The van der Waals surface area contributed by atoms with Gasteiger partial charge in [0.25, 0.3) is 0 Å². The van der Waals surface area contributed by atoms with E-state index in [4.69, 9.17) is 6.42 Å². The van der Waals surface area contributed by atoms with Crippen molar-refractivity contribution in [3.63, 3.8) is 0 Å². The molecule has 0 amide bonds. The summed E-state index contributed by atoms with van der Waals surface area (Å²) in [4.78, 5) is 0. The third kappa shape index (κ3) is 9.66. The Morgan fingerprint density at radius 3 is 2.55 bits per heavy atom. The molecule has 0 radical (unpaired) electrons. The van der Waals surface area contributed by atoms with Crippen LogP contribution < -0.4 is 5.32 Å². The fourth-order valence-electron chi connectivity index (χ4n) is 0.399. The summed E-state index contributed by atoms with van der Waals surface area (Å²) in [6.45, 7) is 0.604. The molecule has 0 aliphatic heterocycles. The third-order valence-electron chi connectivity index (χ3n) is 0.772. The first-order valence-electron chi connectivity index (χ1n) is 2.91. The lowest BCUT2D eigenvalue weighted by molar-refractivity contribution is -0.0327. The van der Waals surface area contributed by atoms with Gasteiger partial charge in [-0.25, -0.2) is 0 Å². The van der Waals surface area contributed by atoms with Crippen LogP contribution >= 0.6 is 11.8 Å². The van der Waals surface area contributed by atoms with Gasteiger partial charge in [0.15, 0.2) is 0 Å². The molecular formula is C6H8F3NS. The Kier molecular flexibility index (Phi) is 5.16. The van der Waals surface area contributed by atoms with Gasteiger partial charge < -0.3 is 5.32 Å². The molecule has 1 N–H and O–H groups in total. The lowest BCUT2D eigenvalue weighted by atomic mass is 10.6. The number of thioether (sulfide) groups is 1. The van der Waals surface area contributed by atoms with Crippen LogP contribution in [0.2, 0.25) is 0 Å². The highest BCUT2D eigenvalue weighted by atomic mass is 32.2. The molecule has 0 heterocycles. The normalized spacial score (nSPS) is 11.1. The first kappa shape index (κ1) is 10.7. The molecule has 0 atom stereocenters.